The second-order valence-electron chi connectivity index (χ2n) is 8.66. The number of fused-ring (bicyclic) bond motifs is 1. The Morgan fingerprint density at radius 1 is 1.25 bits per heavy atom. The summed E-state index contributed by atoms with van der Waals surface area (Å²) in [5.74, 6) is -1.43. The molecule has 3 aliphatic heterocycles. The van der Waals surface area contributed by atoms with Crippen LogP contribution in [0.2, 0.25) is 0 Å². The lowest BCUT2D eigenvalue weighted by Crippen LogP contribution is -2.55. The maximum Gasteiger partial charge on any atom is 0.328 e. The fourth-order valence-corrected chi connectivity index (χ4v) is 4.19. The highest BCUT2D eigenvalue weighted by Gasteiger charge is 2.52. The van der Waals surface area contributed by atoms with Crippen molar-refractivity contribution in [2.75, 3.05) is 20.2 Å². The lowest BCUT2D eigenvalue weighted by atomic mass is 9.97. The van der Waals surface area contributed by atoms with E-state index in [4.69, 9.17) is 14.2 Å². The standard InChI is InChI=1S/C20H27N5O7/c1-10-8-25(19(29)22-17(10)27)12-9-30-13(16-15(12)31-20(2,3)32-16)7-21-18(28)11-5-6-14(26)24(4)23-11/h8,12-13,15-16H,5-7,9H2,1-4H3,(H,21,28)(H,22,27,29)/t12-,13-,15+,16-/m1/s1. The molecule has 4 rings (SSSR count). The van der Waals surface area contributed by atoms with E-state index < -0.39 is 41.4 Å². The smallest absolute Gasteiger partial charge is 0.328 e. The van der Waals surface area contributed by atoms with Crippen molar-refractivity contribution in [3.8, 4) is 0 Å². The zero-order valence-electron chi connectivity index (χ0n) is 18.4. The molecule has 0 aromatic carbocycles. The van der Waals surface area contributed by atoms with Crippen molar-refractivity contribution in [3.63, 3.8) is 0 Å². The van der Waals surface area contributed by atoms with Gasteiger partial charge in [-0.2, -0.15) is 5.10 Å². The van der Waals surface area contributed by atoms with Crippen LogP contribution in [-0.2, 0) is 23.8 Å². The molecule has 174 valence electrons. The molecule has 2 N–H and O–H groups in total. The van der Waals surface area contributed by atoms with Crippen LogP contribution in [0, 0.1) is 6.92 Å². The number of hydrogen-bond acceptors (Lipinski definition) is 8. The minimum absolute atomic E-state index is 0.130. The summed E-state index contributed by atoms with van der Waals surface area (Å²) in [6.45, 7) is 5.42. The summed E-state index contributed by atoms with van der Waals surface area (Å²) in [6.07, 6.45) is 0.385. The minimum atomic E-state index is -0.916. The third-order valence-corrected chi connectivity index (χ3v) is 5.83. The Morgan fingerprint density at radius 3 is 2.69 bits per heavy atom. The lowest BCUT2D eigenvalue weighted by Gasteiger charge is -2.37. The van der Waals surface area contributed by atoms with E-state index in [1.54, 1.807) is 20.8 Å². The molecule has 0 aliphatic carbocycles. The molecule has 32 heavy (non-hydrogen) atoms. The summed E-state index contributed by atoms with van der Waals surface area (Å²) in [7, 11) is 1.51. The van der Waals surface area contributed by atoms with E-state index in [1.165, 1.54) is 17.8 Å². The first-order valence-corrected chi connectivity index (χ1v) is 10.5. The zero-order chi connectivity index (χ0) is 23.2. The minimum Gasteiger partial charge on any atom is -0.371 e. The van der Waals surface area contributed by atoms with Crippen LogP contribution < -0.4 is 16.6 Å². The van der Waals surface area contributed by atoms with Gasteiger partial charge in [-0.15, -0.1) is 0 Å². The average Bonchev–Trinajstić information content (AvgIpc) is 3.06. The first kappa shape index (κ1) is 22.4. The van der Waals surface area contributed by atoms with Gasteiger partial charge in [-0.1, -0.05) is 0 Å². The molecule has 12 heteroatoms. The van der Waals surface area contributed by atoms with Crippen LogP contribution in [0.25, 0.3) is 0 Å². The predicted molar refractivity (Wildman–Crippen MR) is 111 cm³/mol. The van der Waals surface area contributed by atoms with Crippen molar-refractivity contribution in [2.24, 2.45) is 5.10 Å². The number of aryl methyl sites for hydroxylation is 1. The molecular weight excluding hydrogens is 422 g/mol. The highest BCUT2D eigenvalue weighted by molar-refractivity contribution is 6.39. The van der Waals surface area contributed by atoms with Crippen molar-refractivity contribution in [2.45, 2.75) is 63.8 Å². The number of H-pyrrole nitrogens is 1. The first-order chi connectivity index (χ1) is 15.1. The summed E-state index contributed by atoms with van der Waals surface area (Å²) >= 11 is 0. The fraction of sp³-hybridized carbons (Fsp3) is 0.650. The number of aromatic nitrogens is 2. The normalized spacial score (nSPS) is 29.4. The second kappa shape index (κ2) is 8.26. The molecule has 2 amide bonds. The number of nitrogens with one attached hydrogen (secondary N) is 2. The maximum atomic E-state index is 12.5. The number of ether oxygens (including phenoxy) is 3. The Hall–Kier alpha value is -2.83. The molecule has 0 spiro atoms. The van der Waals surface area contributed by atoms with Crippen LogP contribution >= 0.6 is 0 Å². The molecule has 0 radical (unpaired) electrons. The lowest BCUT2D eigenvalue weighted by molar-refractivity contribution is -0.153. The van der Waals surface area contributed by atoms with Gasteiger partial charge in [-0.05, 0) is 20.8 Å². The fourth-order valence-electron chi connectivity index (χ4n) is 4.19. The van der Waals surface area contributed by atoms with Crippen molar-refractivity contribution < 1.29 is 23.8 Å². The van der Waals surface area contributed by atoms with Gasteiger partial charge in [0.25, 0.3) is 11.5 Å². The second-order valence-corrected chi connectivity index (χ2v) is 8.66. The van der Waals surface area contributed by atoms with Crippen LogP contribution in [0.3, 0.4) is 0 Å². The molecule has 0 bridgehead atoms. The summed E-state index contributed by atoms with van der Waals surface area (Å²) in [6, 6.07) is -0.515. The van der Waals surface area contributed by atoms with Gasteiger partial charge in [-0.3, -0.25) is 23.9 Å². The third kappa shape index (κ3) is 4.25. The molecule has 1 aromatic rings. The number of rotatable bonds is 4. The van der Waals surface area contributed by atoms with E-state index in [0.717, 1.165) is 5.01 Å². The number of carbonyl (C=O) groups excluding carboxylic acids is 2. The molecule has 0 unspecified atom stereocenters. The molecule has 3 aliphatic rings. The van der Waals surface area contributed by atoms with Crippen molar-refractivity contribution in [1.82, 2.24) is 19.9 Å². The van der Waals surface area contributed by atoms with Crippen molar-refractivity contribution in [3.05, 3.63) is 32.6 Å². The molecule has 12 nitrogen and oxygen atoms in total. The Morgan fingerprint density at radius 2 is 1.97 bits per heavy atom. The number of nitrogens with zero attached hydrogens (tertiary/aromatic N) is 3. The predicted octanol–water partition coefficient (Wildman–Crippen LogP) is -0.971. The Balaban J connectivity index is 1.50. The Kier molecular flexibility index (Phi) is 5.77. The summed E-state index contributed by atoms with van der Waals surface area (Å²) in [4.78, 5) is 50.6. The van der Waals surface area contributed by atoms with Crippen LogP contribution in [-0.4, -0.2) is 76.4 Å². The van der Waals surface area contributed by atoms with Gasteiger partial charge in [0.1, 0.15) is 24.0 Å². The molecule has 1 aromatic heterocycles. The van der Waals surface area contributed by atoms with Crippen LogP contribution in [0.4, 0.5) is 0 Å². The third-order valence-electron chi connectivity index (χ3n) is 5.83. The molecule has 0 saturated carbocycles. The Bertz CT molecular complexity index is 1070. The van der Waals surface area contributed by atoms with Gasteiger partial charge in [0.05, 0.1) is 12.6 Å². The highest BCUT2D eigenvalue weighted by atomic mass is 16.8. The van der Waals surface area contributed by atoms with Gasteiger partial charge < -0.3 is 19.5 Å². The largest absolute Gasteiger partial charge is 0.371 e. The molecule has 2 saturated heterocycles. The van der Waals surface area contributed by atoms with Crippen LogP contribution in [0.1, 0.15) is 38.3 Å². The Labute approximate surface area is 183 Å². The van der Waals surface area contributed by atoms with Gasteiger partial charge in [0.2, 0.25) is 5.91 Å². The SMILES string of the molecule is Cc1cn([C@@H]2CO[C@H](CNC(=O)C3=NN(C)C(=O)CC3)[C@H]3OC(C)(C)O[C@H]32)c(=O)[nH]c1=O. The van der Waals surface area contributed by atoms with E-state index in [9.17, 15) is 19.2 Å². The zero-order valence-corrected chi connectivity index (χ0v) is 18.4. The molecule has 4 heterocycles. The quantitative estimate of drug-likeness (QED) is 0.602. The number of aromatic amines is 1. The number of hydrazone groups is 1. The summed E-state index contributed by atoms with van der Waals surface area (Å²) in [5.41, 5.74) is -0.328. The summed E-state index contributed by atoms with van der Waals surface area (Å²) in [5, 5.41) is 7.98. The molecular formula is C20H27N5O7. The number of hydrogen-bond donors (Lipinski definition) is 2. The van der Waals surface area contributed by atoms with Gasteiger partial charge in [0, 0.05) is 38.2 Å². The topological polar surface area (TPSA) is 144 Å². The van der Waals surface area contributed by atoms with Gasteiger partial charge in [-0.25, -0.2) is 9.80 Å². The van der Waals surface area contributed by atoms with E-state index in [1.807, 2.05) is 0 Å². The highest BCUT2D eigenvalue weighted by Crippen LogP contribution is 2.39. The average molecular weight is 449 g/mol. The number of amides is 2. The summed E-state index contributed by atoms with van der Waals surface area (Å²) < 4.78 is 19.5. The van der Waals surface area contributed by atoms with Crippen LogP contribution in [0.15, 0.2) is 20.9 Å². The van der Waals surface area contributed by atoms with Gasteiger partial charge >= 0.3 is 5.69 Å². The van der Waals surface area contributed by atoms with E-state index in [2.05, 4.69) is 15.4 Å². The van der Waals surface area contributed by atoms with Crippen LogP contribution in [0.5, 0.6) is 0 Å². The monoisotopic (exact) mass is 449 g/mol. The first-order valence-electron chi connectivity index (χ1n) is 10.5. The number of carbonyl (C=O) groups is 2. The maximum absolute atomic E-state index is 12.5. The molecule has 4 atom stereocenters. The van der Waals surface area contributed by atoms with Crippen molar-refractivity contribution in [1.29, 1.82) is 0 Å². The molecule has 2 fully saturated rings. The van der Waals surface area contributed by atoms with E-state index in [0.29, 0.717) is 5.56 Å². The van der Waals surface area contributed by atoms with Gasteiger partial charge in [0.15, 0.2) is 5.79 Å². The van der Waals surface area contributed by atoms with E-state index in [-0.39, 0.29) is 43.5 Å². The van der Waals surface area contributed by atoms with E-state index >= 15 is 0 Å². The van der Waals surface area contributed by atoms with Crippen molar-refractivity contribution >= 4 is 17.5 Å².